The second kappa shape index (κ2) is 10.6. The number of anilines is 1. The number of nitrogens with zero attached hydrogens (tertiary/aromatic N) is 1. The van der Waals surface area contributed by atoms with Crippen molar-refractivity contribution in [1.29, 1.82) is 0 Å². The van der Waals surface area contributed by atoms with Gasteiger partial charge in [-0.15, -0.1) is 24.8 Å². The van der Waals surface area contributed by atoms with Gasteiger partial charge in [-0.2, -0.15) is 0 Å². The van der Waals surface area contributed by atoms with Gasteiger partial charge in [-0.1, -0.05) is 24.1 Å². The van der Waals surface area contributed by atoms with Crippen LogP contribution in [0, 0.1) is 18.8 Å². The van der Waals surface area contributed by atoms with Crippen molar-refractivity contribution in [2.24, 2.45) is 17.6 Å². The summed E-state index contributed by atoms with van der Waals surface area (Å²) in [5.41, 5.74) is 8.52. The highest BCUT2D eigenvalue weighted by Gasteiger charge is 2.27. The van der Waals surface area contributed by atoms with Gasteiger partial charge in [0.25, 0.3) is 0 Å². The zero-order valence-corrected chi connectivity index (χ0v) is 17.6. The second-order valence-electron chi connectivity index (χ2n) is 7.39. The van der Waals surface area contributed by atoms with E-state index >= 15 is 0 Å². The van der Waals surface area contributed by atoms with E-state index in [-0.39, 0.29) is 36.8 Å². The molecule has 1 aliphatic heterocycles. The molecule has 2 aliphatic rings. The molecule has 1 heterocycles. The number of hydrogen-bond donors (Lipinski definition) is 2. The van der Waals surface area contributed by atoms with Crippen LogP contribution in [0.1, 0.15) is 37.7 Å². The number of amides is 1. The Kier molecular flexibility index (Phi) is 9.53. The summed E-state index contributed by atoms with van der Waals surface area (Å²) in [6.07, 6.45) is 5.02. The maximum Gasteiger partial charge on any atom is 0.220 e. The molecular formula is C19H30Cl3N3O. The zero-order chi connectivity index (χ0) is 17.1. The van der Waals surface area contributed by atoms with E-state index in [1.165, 1.54) is 11.3 Å². The molecule has 26 heavy (non-hydrogen) atoms. The third-order valence-corrected chi connectivity index (χ3v) is 5.79. The summed E-state index contributed by atoms with van der Waals surface area (Å²) in [5.74, 6) is 1.04. The maximum absolute atomic E-state index is 12.2. The smallest absolute Gasteiger partial charge is 0.220 e. The molecule has 148 valence electrons. The lowest BCUT2D eigenvalue weighted by molar-refractivity contribution is -0.122. The zero-order valence-electron chi connectivity index (χ0n) is 15.2. The molecule has 1 aromatic rings. The number of rotatable bonds is 5. The molecule has 1 saturated heterocycles. The minimum absolute atomic E-state index is 0. The Morgan fingerprint density at radius 1 is 1.31 bits per heavy atom. The van der Waals surface area contributed by atoms with Gasteiger partial charge in [0.2, 0.25) is 5.91 Å². The third kappa shape index (κ3) is 5.91. The standard InChI is InChI=1S/C19H28ClN3O.2ClH/c1-13-5-6-16(20)10-18(13)23-8-7-14(12-23)11-22-19(24)9-15-3-2-4-17(15)21;;/h5-6,10,14-15,17H,2-4,7-9,11-12,21H2,1H3,(H,22,24);2*1H/t14?,15-,17+;;/m0../s1. The van der Waals surface area contributed by atoms with E-state index in [9.17, 15) is 4.79 Å². The topological polar surface area (TPSA) is 58.4 Å². The Bertz CT molecular complexity index is 599. The molecule has 1 unspecified atom stereocenters. The van der Waals surface area contributed by atoms with Gasteiger partial charge in [-0.05, 0) is 55.7 Å². The van der Waals surface area contributed by atoms with Crippen molar-refractivity contribution in [3.05, 3.63) is 28.8 Å². The van der Waals surface area contributed by atoms with Crippen molar-refractivity contribution in [1.82, 2.24) is 5.32 Å². The van der Waals surface area contributed by atoms with Gasteiger partial charge < -0.3 is 16.0 Å². The lowest BCUT2D eigenvalue weighted by Gasteiger charge is -2.21. The first-order chi connectivity index (χ1) is 11.5. The Morgan fingerprint density at radius 3 is 2.77 bits per heavy atom. The molecule has 1 amide bonds. The van der Waals surface area contributed by atoms with Gasteiger partial charge in [0.05, 0.1) is 0 Å². The number of nitrogens with one attached hydrogen (secondary N) is 1. The molecule has 0 bridgehead atoms. The summed E-state index contributed by atoms with van der Waals surface area (Å²) in [6, 6.07) is 6.25. The van der Waals surface area contributed by atoms with Crippen molar-refractivity contribution in [2.45, 2.75) is 45.1 Å². The second-order valence-corrected chi connectivity index (χ2v) is 7.83. The Hall–Kier alpha value is -0.680. The predicted octanol–water partition coefficient (Wildman–Crippen LogP) is 3.95. The molecule has 7 heteroatoms. The van der Waals surface area contributed by atoms with E-state index in [0.717, 1.165) is 50.3 Å². The van der Waals surface area contributed by atoms with Crippen molar-refractivity contribution < 1.29 is 4.79 Å². The quantitative estimate of drug-likeness (QED) is 0.755. The Balaban J connectivity index is 0.00000169. The summed E-state index contributed by atoms with van der Waals surface area (Å²) >= 11 is 6.13. The SMILES string of the molecule is Cc1ccc(Cl)cc1N1CCC(CNC(=O)C[C@@H]2CCC[C@H]2N)C1.Cl.Cl. The van der Waals surface area contributed by atoms with Gasteiger partial charge in [-0.25, -0.2) is 0 Å². The van der Waals surface area contributed by atoms with E-state index in [4.69, 9.17) is 17.3 Å². The molecule has 0 aromatic heterocycles. The van der Waals surface area contributed by atoms with Crippen LogP contribution in [-0.4, -0.2) is 31.6 Å². The fourth-order valence-electron chi connectivity index (χ4n) is 4.03. The number of aryl methyl sites for hydroxylation is 1. The number of benzene rings is 1. The fraction of sp³-hybridized carbons (Fsp3) is 0.632. The van der Waals surface area contributed by atoms with Gasteiger partial charge in [0.1, 0.15) is 0 Å². The number of carbonyl (C=O) groups excluding carboxylic acids is 1. The van der Waals surface area contributed by atoms with Crippen molar-refractivity contribution >= 4 is 48.0 Å². The van der Waals surface area contributed by atoms with Crippen LogP contribution in [0.4, 0.5) is 5.69 Å². The van der Waals surface area contributed by atoms with Crippen LogP contribution in [0.15, 0.2) is 18.2 Å². The molecule has 0 spiro atoms. The monoisotopic (exact) mass is 421 g/mol. The fourth-order valence-corrected chi connectivity index (χ4v) is 4.20. The number of halogens is 3. The first-order valence-electron chi connectivity index (χ1n) is 9.06. The normalized spacial score (nSPS) is 24.7. The van der Waals surface area contributed by atoms with Crippen LogP contribution >= 0.6 is 36.4 Å². The van der Waals surface area contributed by atoms with E-state index in [1.807, 2.05) is 12.1 Å². The summed E-state index contributed by atoms with van der Waals surface area (Å²) in [7, 11) is 0. The largest absolute Gasteiger partial charge is 0.371 e. The minimum atomic E-state index is 0. The summed E-state index contributed by atoms with van der Waals surface area (Å²) in [6.45, 7) is 4.88. The molecule has 3 N–H and O–H groups in total. The molecule has 1 aromatic carbocycles. The molecule has 1 aliphatic carbocycles. The number of hydrogen-bond acceptors (Lipinski definition) is 3. The third-order valence-electron chi connectivity index (χ3n) is 5.55. The van der Waals surface area contributed by atoms with Crippen LogP contribution in [0.5, 0.6) is 0 Å². The molecule has 3 rings (SSSR count). The summed E-state index contributed by atoms with van der Waals surface area (Å²) in [5, 5.41) is 3.90. The van der Waals surface area contributed by atoms with Gasteiger partial charge in [0.15, 0.2) is 0 Å². The highest BCUT2D eigenvalue weighted by Crippen LogP contribution is 2.29. The maximum atomic E-state index is 12.2. The first-order valence-corrected chi connectivity index (χ1v) is 9.44. The molecule has 0 radical (unpaired) electrons. The van der Waals surface area contributed by atoms with Crippen LogP contribution in [-0.2, 0) is 4.79 Å². The Morgan fingerprint density at radius 2 is 2.08 bits per heavy atom. The molecule has 3 atom stereocenters. The average molecular weight is 423 g/mol. The van der Waals surface area contributed by atoms with Crippen molar-refractivity contribution in [3.63, 3.8) is 0 Å². The molecule has 4 nitrogen and oxygen atoms in total. The van der Waals surface area contributed by atoms with Crippen molar-refractivity contribution in [3.8, 4) is 0 Å². The summed E-state index contributed by atoms with van der Waals surface area (Å²) < 4.78 is 0. The number of nitrogens with two attached hydrogens (primary N) is 1. The van der Waals surface area contributed by atoms with E-state index in [1.54, 1.807) is 0 Å². The van der Waals surface area contributed by atoms with E-state index in [0.29, 0.717) is 18.3 Å². The predicted molar refractivity (Wildman–Crippen MR) is 114 cm³/mol. The van der Waals surface area contributed by atoms with E-state index < -0.39 is 0 Å². The number of carbonyl (C=O) groups is 1. The summed E-state index contributed by atoms with van der Waals surface area (Å²) in [4.78, 5) is 14.5. The highest BCUT2D eigenvalue weighted by molar-refractivity contribution is 6.30. The van der Waals surface area contributed by atoms with Gasteiger partial charge in [-0.3, -0.25) is 4.79 Å². The lowest BCUT2D eigenvalue weighted by Crippen LogP contribution is -2.34. The van der Waals surface area contributed by atoms with Crippen molar-refractivity contribution in [2.75, 3.05) is 24.5 Å². The van der Waals surface area contributed by atoms with Crippen LogP contribution in [0.25, 0.3) is 0 Å². The van der Waals surface area contributed by atoms with Crippen LogP contribution in [0.3, 0.4) is 0 Å². The molecule has 1 saturated carbocycles. The average Bonchev–Trinajstić information content (AvgIpc) is 3.17. The lowest BCUT2D eigenvalue weighted by atomic mass is 9.99. The molecular weight excluding hydrogens is 393 g/mol. The van der Waals surface area contributed by atoms with Crippen LogP contribution < -0.4 is 16.0 Å². The minimum Gasteiger partial charge on any atom is -0.371 e. The van der Waals surface area contributed by atoms with E-state index in [2.05, 4.69) is 23.2 Å². The highest BCUT2D eigenvalue weighted by atomic mass is 35.5. The van der Waals surface area contributed by atoms with Gasteiger partial charge >= 0.3 is 0 Å². The van der Waals surface area contributed by atoms with Gasteiger partial charge in [0, 0.05) is 42.8 Å². The van der Waals surface area contributed by atoms with Crippen LogP contribution in [0.2, 0.25) is 5.02 Å². The Labute approximate surface area is 174 Å². The molecule has 2 fully saturated rings. The first kappa shape index (κ1) is 23.4.